The van der Waals surface area contributed by atoms with Crippen molar-refractivity contribution < 1.29 is 18.3 Å². The smallest absolute Gasteiger partial charge is 0.357 e. The van der Waals surface area contributed by atoms with E-state index in [4.69, 9.17) is 23.2 Å². The molecule has 1 aromatic rings. The van der Waals surface area contributed by atoms with Gasteiger partial charge in [0, 0.05) is 11.1 Å². The lowest BCUT2D eigenvalue weighted by molar-refractivity contribution is 0.0592. The van der Waals surface area contributed by atoms with Crippen molar-refractivity contribution in [1.82, 2.24) is 4.98 Å². The van der Waals surface area contributed by atoms with Crippen molar-refractivity contribution in [2.75, 3.05) is 7.11 Å². The highest BCUT2D eigenvalue weighted by atomic mass is 35.5. The molecule has 3 nitrogen and oxygen atoms in total. The van der Waals surface area contributed by atoms with Crippen LogP contribution in [0.25, 0.3) is 0 Å². The number of rotatable bonds is 3. The second-order valence-electron chi connectivity index (χ2n) is 2.79. The number of pyridine rings is 1. The third kappa shape index (κ3) is 2.59. The number of hydrogen-bond donors (Lipinski definition) is 0. The molecule has 0 bridgehead atoms. The van der Waals surface area contributed by atoms with Gasteiger partial charge in [0.1, 0.15) is 5.15 Å². The molecule has 0 unspecified atom stereocenters. The van der Waals surface area contributed by atoms with E-state index in [1.165, 1.54) is 0 Å². The summed E-state index contributed by atoms with van der Waals surface area (Å²) in [5.41, 5.74) is -0.747. The Morgan fingerprint density at radius 2 is 2.25 bits per heavy atom. The van der Waals surface area contributed by atoms with E-state index in [0.29, 0.717) is 0 Å². The van der Waals surface area contributed by atoms with Gasteiger partial charge in [-0.15, -0.1) is 11.6 Å². The molecule has 16 heavy (non-hydrogen) atoms. The summed E-state index contributed by atoms with van der Waals surface area (Å²) in [4.78, 5) is 14.9. The van der Waals surface area contributed by atoms with Crippen molar-refractivity contribution in [2.24, 2.45) is 0 Å². The highest BCUT2D eigenvalue weighted by Crippen LogP contribution is 2.28. The molecule has 0 radical (unpaired) electrons. The predicted octanol–water partition coefficient (Wildman–Crippen LogP) is 3.20. The maximum Gasteiger partial charge on any atom is 0.357 e. The van der Waals surface area contributed by atoms with E-state index in [2.05, 4.69) is 9.72 Å². The fraction of sp³-hybridized carbons (Fsp3) is 0.333. The van der Waals surface area contributed by atoms with E-state index >= 15 is 0 Å². The van der Waals surface area contributed by atoms with E-state index < -0.39 is 18.0 Å². The van der Waals surface area contributed by atoms with Gasteiger partial charge in [-0.25, -0.2) is 18.6 Å². The summed E-state index contributed by atoms with van der Waals surface area (Å²) in [6.07, 6.45) is -2.78. The lowest BCUT2D eigenvalue weighted by Crippen LogP contribution is -2.11. The first-order chi connectivity index (χ1) is 7.51. The minimum atomic E-state index is -2.78. The number of aromatic nitrogens is 1. The highest BCUT2D eigenvalue weighted by molar-refractivity contribution is 6.29. The Hall–Kier alpha value is -0.940. The molecule has 0 aromatic carbocycles. The number of esters is 1. The average molecular weight is 270 g/mol. The van der Waals surface area contributed by atoms with Crippen molar-refractivity contribution in [3.63, 3.8) is 0 Å². The van der Waals surface area contributed by atoms with Crippen LogP contribution < -0.4 is 0 Å². The number of hydrogen-bond acceptors (Lipinski definition) is 3. The maximum atomic E-state index is 12.6. The van der Waals surface area contributed by atoms with E-state index in [9.17, 15) is 13.6 Å². The molecule has 1 heterocycles. The number of ether oxygens (including phenoxy) is 1. The lowest BCUT2D eigenvalue weighted by atomic mass is 10.1. The van der Waals surface area contributed by atoms with E-state index in [1.807, 2.05) is 0 Å². The zero-order chi connectivity index (χ0) is 12.3. The maximum absolute atomic E-state index is 12.6. The average Bonchev–Trinajstić information content (AvgIpc) is 2.26. The normalized spacial score (nSPS) is 10.6. The second kappa shape index (κ2) is 5.41. The molecule has 0 aliphatic carbocycles. The van der Waals surface area contributed by atoms with Gasteiger partial charge in [0.25, 0.3) is 6.43 Å². The Labute approximate surface area is 100 Å². The van der Waals surface area contributed by atoms with Crippen molar-refractivity contribution in [3.05, 3.63) is 28.0 Å². The summed E-state index contributed by atoms with van der Waals surface area (Å²) in [5, 5.41) is -0.204. The van der Waals surface area contributed by atoms with Gasteiger partial charge in [0.2, 0.25) is 0 Å². The summed E-state index contributed by atoms with van der Waals surface area (Å²) in [5.74, 6) is -1.12. The summed E-state index contributed by atoms with van der Waals surface area (Å²) in [6, 6.07) is 0.983. The first-order valence-electron chi connectivity index (χ1n) is 4.13. The topological polar surface area (TPSA) is 39.2 Å². The monoisotopic (exact) mass is 269 g/mol. The number of carbonyl (C=O) groups is 1. The molecule has 0 aliphatic rings. The van der Waals surface area contributed by atoms with Gasteiger partial charge in [0.05, 0.1) is 13.0 Å². The Kier molecular flexibility index (Phi) is 4.44. The Morgan fingerprint density at radius 1 is 1.62 bits per heavy atom. The van der Waals surface area contributed by atoms with Crippen LogP contribution in [0.3, 0.4) is 0 Å². The van der Waals surface area contributed by atoms with Crippen LogP contribution in [0, 0.1) is 0 Å². The standard InChI is InChI=1S/C9H7Cl2F2NO2/c1-16-9(15)7-5(3-10)4(8(12)13)2-6(11)14-7/h2,8H,3H2,1H3. The Morgan fingerprint density at radius 3 is 2.69 bits per heavy atom. The largest absolute Gasteiger partial charge is 0.464 e. The van der Waals surface area contributed by atoms with Gasteiger partial charge in [-0.3, -0.25) is 0 Å². The fourth-order valence-corrected chi connectivity index (χ4v) is 1.64. The van der Waals surface area contributed by atoms with Crippen LogP contribution in [0.4, 0.5) is 8.78 Å². The third-order valence-corrected chi connectivity index (χ3v) is 2.34. The van der Waals surface area contributed by atoms with Crippen LogP contribution in [-0.2, 0) is 10.6 Å². The van der Waals surface area contributed by atoms with Gasteiger partial charge in [-0.05, 0) is 6.07 Å². The van der Waals surface area contributed by atoms with Crippen LogP contribution in [0.5, 0.6) is 0 Å². The molecule has 0 N–H and O–H groups in total. The molecule has 0 spiro atoms. The van der Waals surface area contributed by atoms with Crippen LogP contribution >= 0.6 is 23.2 Å². The van der Waals surface area contributed by atoms with Crippen molar-refractivity contribution in [2.45, 2.75) is 12.3 Å². The predicted molar refractivity (Wildman–Crippen MR) is 55.1 cm³/mol. The molecule has 1 rings (SSSR count). The van der Waals surface area contributed by atoms with E-state index in [0.717, 1.165) is 13.2 Å². The summed E-state index contributed by atoms with van der Waals surface area (Å²) in [6.45, 7) is 0. The molecule has 7 heteroatoms. The molecular weight excluding hydrogens is 263 g/mol. The Balaban J connectivity index is 3.41. The fourth-order valence-electron chi connectivity index (χ4n) is 1.16. The molecule has 0 saturated heterocycles. The summed E-state index contributed by atoms with van der Waals surface area (Å²) < 4.78 is 29.7. The molecule has 0 saturated carbocycles. The van der Waals surface area contributed by atoms with Crippen LogP contribution in [0.15, 0.2) is 6.07 Å². The minimum absolute atomic E-state index is 0.0621. The first kappa shape index (κ1) is 13.1. The molecule has 0 aliphatic heterocycles. The molecule has 0 fully saturated rings. The summed E-state index contributed by atoms with van der Waals surface area (Å²) >= 11 is 11.0. The summed E-state index contributed by atoms with van der Waals surface area (Å²) in [7, 11) is 1.12. The van der Waals surface area contributed by atoms with Gasteiger partial charge in [-0.2, -0.15) is 0 Å². The molecule has 1 aromatic heterocycles. The van der Waals surface area contributed by atoms with Crippen molar-refractivity contribution in [1.29, 1.82) is 0 Å². The number of carbonyl (C=O) groups excluding carboxylic acids is 1. The van der Waals surface area contributed by atoms with Crippen LogP contribution in [0.1, 0.15) is 28.0 Å². The van der Waals surface area contributed by atoms with Gasteiger partial charge < -0.3 is 4.74 Å². The SMILES string of the molecule is COC(=O)c1nc(Cl)cc(C(F)F)c1CCl. The molecule has 88 valence electrons. The number of halogens is 4. The molecule has 0 atom stereocenters. The Bertz CT molecular complexity index is 413. The zero-order valence-corrected chi connectivity index (χ0v) is 9.65. The number of alkyl halides is 3. The first-order valence-corrected chi connectivity index (χ1v) is 5.04. The van der Waals surface area contributed by atoms with E-state index in [-0.39, 0.29) is 22.3 Å². The van der Waals surface area contributed by atoms with E-state index in [1.54, 1.807) is 0 Å². The van der Waals surface area contributed by atoms with Gasteiger partial charge in [-0.1, -0.05) is 11.6 Å². The lowest BCUT2D eigenvalue weighted by Gasteiger charge is -2.10. The van der Waals surface area contributed by atoms with Crippen molar-refractivity contribution in [3.8, 4) is 0 Å². The minimum Gasteiger partial charge on any atom is -0.464 e. The van der Waals surface area contributed by atoms with Gasteiger partial charge >= 0.3 is 5.97 Å². The quantitative estimate of drug-likeness (QED) is 0.481. The van der Waals surface area contributed by atoms with Crippen molar-refractivity contribution >= 4 is 29.2 Å². The van der Waals surface area contributed by atoms with Crippen LogP contribution in [0.2, 0.25) is 5.15 Å². The third-order valence-electron chi connectivity index (χ3n) is 1.87. The zero-order valence-electron chi connectivity index (χ0n) is 8.14. The van der Waals surface area contributed by atoms with Gasteiger partial charge in [0.15, 0.2) is 5.69 Å². The number of nitrogens with zero attached hydrogens (tertiary/aromatic N) is 1. The van der Waals surface area contributed by atoms with Crippen LogP contribution in [-0.4, -0.2) is 18.1 Å². The highest BCUT2D eigenvalue weighted by Gasteiger charge is 2.22. The second-order valence-corrected chi connectivity index (χ2v) is 3.44. The molecular formula is C9H7Cl2F2NO2. The molecule has 0 amide bonds. The number of methoxy groups -OCH3 is 1.